The Bertz CT molecular complexity index is 671. The predicted molar refractivity (Wildman–Crippen MR) is 92.3 cm³/mol. The van der Waals surface area contributed by atoms with E-state index in [-0.39, 0.29) is 11.8 Å². The van der Waals surface area contributed by atoms with Crippen LogP contribution in [-0.4, -0.2) is 43.2 Å². The Labute approximate surface area is 147 Å². The molecule has 0 aliphatic heterocycles. The molecule has 0 radical (unpaired) electrons. The van der Waals surface area contributed by atoms with Crippen LogP contribution < -0.4 is 5.32 Å². The van der Waals surface area contributed by atoms with Crippen LogP contribution in [0.15, 0.2) is 24.9 Å². The van der Waals surface area contributed by atoms with E-state index >= 15 is 0 Å². The molecule has 8 nitrogen and oxygen atoms in total. The molecule has 2 aromatic rings. The quantitative estimate of drug-likeness (QED) is 0.519. The van der Waals surface area contributed by atoms with Gasteiger partial charge in [0.2, 0.25) is 5.91 Å². The Balaban J connectivity index is 1.66. The van der Waals surface area contributed by atoms with Crippen molar-refractivity contribution in [3.8, 4) is 11.3 Å². The summed E-state index contributed by atoms with van der Waals surface area (Å²) in [4.78, 5) is 30.6. The highest BCUT2D eigenvalue weighted by atomic mass is 16.2. The highest BCUT2D eigenvalue weighted by molar-refractivity contribution is 5.79. The molecule has 134 valence electrons. The molecule has 0 fully saturated rings. The highest BCUT2D eigenvalue weighted by Gasteiger charge is 2.14. The third kappa shape index (κ3) is 6.06. The molecular formula is C17H24N6O2. The Morgan fingerprint density at radius 1 is 1.24 bits per heavy atom. The average molecular weight is 344 g/mol. The van der Waals surface area contributed by atoms with Gasteiger partial charge < -0.3 is 10.1 Å². The standard InChI is InChI=1S/C17H24N6O2/c1-13(2)16(11-24)20-17(25)6-4-3-5-7-23-10-15(21-22-23)14-8-18-12-19-9-14/h8-13,16H,3-7H2,1-2H3,(H,20,25). The van der Waals surface area contributed by atoms with E-state index in [1.54, 1.807) is 17.1 Å². The first-order chi connectivity index (χ1) is 12.1. The molecule has 0 saturated carbocycles. The highest BCUT2D eigenvalue weighted by Crippen LogP contribution is 2.13. The van der Waals surface area contributed by atoms with Crippen LogP contribution in [0.4, 0.5) is 0 Å². The fourth-order valence-electron chi connectivity index (χ4n) is 2.32. The minimum Gasteiger partial charge on any atom is -0.346 e. The Morgan fingerprint density at radius 3 is 2.68 bits per heavy atom. The summed E-state index contributed by atoms with van der Waals surface area (Å²) in [7, 11) is 0. The van der Waals surface area contributed by atoms with Gasteiger partial charge in [-0.2, -0.15) is 0 Å². The van der Waals surface area contributed by atoms with Gasteiger partial charge in [0.1, 0.15) is 18.3 Å². The number of nitrogens with zero attached hydrogens (tertiary/aromatic N) is 5. The third-order valence-corrected chi connectivity index (χ3v) is 3.88. The first-order valence-electron chi connectivity index (χ1n) is 8.50. The molecule has 0 spiro atoms. The Hall–Kier alpha value is -2.64. The lowest BCUT2D eigenvalue weighted by Crippen LogP contribution is -2.39. The molecule has 1 N–H and O–H groups in total. The van der Waals surface area contributed by atoms with E-state index in [0.717, 1.165) is 43.4 Å². The third-order valence-electron chi connectivity index (χ3n) is 3.88. The molecule has 0 aliphatic carbocycles. The largest absolute Gasteiger partial charge is 0.346 e. The zero-order valence-electron chi connectivity index (χ0n) is 14.6. The minimum atomic E-state index is -0.400. The molecule has 1 atom stereocenters. The van der Waals surface area contributed by atoms with E-state index in [1.807, 2.05) is 20.0 Å². The van der Waals surface area contributed by atoms with Crippen molar-refractivity contribution < 1.29 is 9.59 Å². The molecule has 2 heterocycles. The lowest BCUT2D eigenvalue weighted by molar-refractivity contribution is -0.124. The Morgan fingerprint density at radius 2 is 2.00 bits per heavy atom. The molecule has 2 aromatic heterocycles. The number of aryl methyl sites for hydroxylation is 1. The summed E-state index contributed by atoms with van der Waals surface area (Å²) in [6.07, 6.45) is 10.6. The van der Waals surface area contributed by atoms with E-state index in [4.69, 9.17) is 0 Å². The van der Waals surface area contributed by atoms with Gasteiger partial charge in [-0.15, -0.1) is 5.10 Å². The molecule has 0 saturated heterocycles. The van der Waals surface area contributed by atoms with Gasteiger partial charge in [-0.25, -0.2) is 9.97 Å². The minimum absolute atomic E-state index is 0.0714. The maximum atomic E-state index is 11.8. The van der Waals surface area contributed by atoms with Crippen molar-refractivity contribution in [3.63, 3.8) is 0 Å². The van der Waals surface area contributed by atoms with E-state index in [1.165, 1.54) is 6.33 Å². The van der Waals surface area contributed by atoms with Crippen LogP contribution in [0.25, 0.3) is 11.3 Å². The zero-order valence-corrected chi connectivity index (χ0v) is 14.6. The molecule has 8 heteroatoms. The summed E-state index contributed by atoms with van der Waals surface area (Å²) in [5, 5.41) is 10.9. The number of amides is 1. The van der Waals surface area contributed by atoms with Crippen LogP contribution in [-0.2, 0) is 16.1 Å². The monoisotopic (exact) mass is 344 g/mol. The van der Waals surface area contributed by atoms with E-state index in [0.29, 0.717) is 6.42 Å². The van der Waals surface area contributed by atoms with Gasteiger partial charge in [0.15, 0.2) is 0 Å². The number of hydrogen-bond acceptors (Lipinski definition) is 6. The van der Waals surface area contributed by atoms with Crippen molar-refractivity contribution in [3.05, 3.63) is 24.9 Å². The number of aromatic nitrogens is 5. The van der Waals surface area contributed by atoms with Crippen molar-refractivity contribution in [1.29, 1.82) is 0 Å². The summed E-state index contributed by atoms with van der Waals surface area (Å²) < 4.78 is 1.78. The summed E-state index contributed by atoms with van der Waals surface area (Å²) in [5.74, 6) is 0.0379. The number of aldehydes is 1. The number of rotatable bonds is 10. The molecular weight excluding hydrogens is 320 g/mol. The van der Waals surface area contributed by atoms with Crippen LogP contribution in [0.1, 0.15) is 39.5 Å². The maximum absolute atomic E-state index is 11.8. The van der Waals surface area contributed by atoms with Gasteiger partial charge in [-0.3, -0.25) is 9.48 Å². The van der Waals surface area contributed by atoms with Gasteiger partial charge in [0.05, 0.1) is 12.2 Å². The van der Waals surface area contributed by atoms with Crippen molar-refractivity contribution in [1.82, 2.24) is 30.3 Å². The van der Waals surface area contributed by atoms with Crippen LogP contribution in [0.5, 0.6) is 0 Å². The summed E-state index contributed by atoms with van der Waals surface area (Å²) in [5.41, 5.74) is 1.58. The number of hydrogen-bond donors (Lipinski definition) is 1. The molecule has 0 aromatic carbocycles. The van der Waals surface area contributed by atoms with Crippen molar-refractivity contribution in [2.45, 2.75) is 52.1 Å². The predicted octanol–water partition coefficient (Wildman–Crippen LogP) is 1.64. The molecule has 0 bridgehead atoms. The first-order valence-corrected chi connectivity index (χ1v) is 8.50. The second-order valence-corrected chi connectivity index (χ2v) is 6.28. The summed E-state index contributed by atoms with van der Waals surface area (Å²) in [6, 6.07) is -0.400. The van der Waals surface area contributed by atoms with Gasteiger partial charge >= 0.3 is 0 Å². The fraction of sp³-hybridized carbons (Fsp3) is 0.529. The van der Waals surface area contributed by atoms with Crippen LogP contribution in [0.3, 0.4) is 0 Å². The number of unbranched alkanes of at least 4 members (excludes halogenated alkanes) is 2. The fourth-order valence-corrected chi connectivity index (χ4v) is 2.32. The normalized spacial score (nSPS) is 12.1. The lowest BCUT2D eigenvalue weighted by Gasteiger charge is -2.15. The lowest BCUT2D eigenvalue weighted by atomic mass is 10.1. The van der Waals surface area contributed by atoms with Gasteiger partial charge in [-0.05, 0) is 18.8 Å². The molecule has 0 aliphatic rings. The van der Waals surface area contributed by atoms with Crippen molar-refractivity contribution in [2.24, 2.45) is 5.92 Å². The molecule has 25 heavy (non-hydrogen) atoms. The SMILES string of the molecule is CC(C)C(C=O)NC(=O)CCCCCn1cc(-c2cncnc2)nn1. The summed E-state index contributed by atoms with van der Waals surface area (Å²) >= 11 is 0. The number of carbonyl (C=O) groups excluding carboxylic acids is 2. The maximum Gasteiger partial charge on any atom is 0.220 e. The smallest absolute Gasteiger partial charge is 0.220 e. The number of nitrogens with one attached hydrogen (secondary N) is 1. The topological polar surface area (TPSA) is 103 Å². The molecule has 1 unspecified atom stereocenters. The molecule has 1 amide bonds. The van der Waals surface area contributed by atoms with Crippen molar-refractivity contribution >= 4 is 12.2 Å². The van der Waals surface area contributed by atoms with E-state index < -0.39 is 6.04 Å². The number of carbonyl (C=O) groups is 2. The first kappa shape index (κ1) is 18.7. The van der Waals surface area contributed by atoms with Crippen molar-refractivity contribution in [2.75, 3.05) is 0 Å². The summed E-state index contributed by atoms with van der Waals surface area (Å²) in [6.45, 7) is 4.56. The van der Waals surface area contributed by atoms with Crippen LogP contribution in [0.2, 0.25) is 0 Å². The second kappa shape index (κ2) is 9.61. The van der Waals surface area contributed by atoms with Crippen LogP contribution in [0, 0.1) is 5.92 Å². The zero-order chi connectivity index (χ0) is 18.1. The second-order valence-electron chi connectivity index (χ2n) is 6.28. The van der Waals surface area contributed by atoms with Gasteiger partial charge in [0.25, 0.3) is 0 Å². The van der Waals surface area contributed by atoms with Crippen LogP contribution >= 0.6 is 0 Å². The van der Waals surface area contributed by atoms with E-state index in [9.17, 15) is 9.59 Å². The molecule has 2 rings (SSSR count). The van der Waals surface area contributed by atoms with E-state index in [2.05, 4.69) is 25.6 Å². The van der Waals surface area contributed by atoms with Gasteiger partial charge in [-0.1, -0.05) is 25.5 Å². The average Bonchev–Trinajstić information content (AvgIpc) is 3.09. The van der Waals surface area contributed by atoms with Gasteiger partial charge in [0, 0.05) is 30.9 Å². The Kier molecular flexibility index (Phi) is 7.18.